The Hall–Kier alpha value is 0.620. The van der Waals surface area contributed by atoms with Crippen LogP contribution in [0.3, 0.4) is 0 Å². The van der Waals surface area contributed by atoms with Gasteiger partial charge in [0, 0.05) is 12.6 Å². The number of hydrogen-bond donors (Lipinski definition) is 1. The molecule has 1 heterocycles. The highest BCUT2D eigenvalue weighted by atomic mass is 33.1. The molecule has 0 bridgehead atoms. The monoisotopic (exact) mass is 193 g/mol. The smallest absolute Gasteiger partial charge is 0.0634 e. The molecular weight excluding hydrogens is 178 g/mol. The van der Waals surface area contributed by atoms with Gasteiger partial charge in [-0.05, 0) is 13.8 Å². The summed E-state index contributed by atoms with van der Waals surface area (Å²) in [5.41, 5.74) is 0. The van der Waals surface area contributed by atoms with Gasteiger partial charge in [-0.3, -0.25) is 4.90 Å². The predicted molar refractivity (Wildman–Crippen MR) is 53.0 cm³/mol. The summed E-state index contributed by atoms with van der Waals surface area (Å²) in [5.74, 6) is 0. The Morgan fingerprint density at radius 2 is 2.45 bits per heavy atom. The molecule has 0 aromatic carbocycles. The number of rotatable bonds is 2. The standard InChI is InChI=1S/C7H15NOS2/c1-6-5-9-4-3-8(6)7(2)11-10/h6-7,10H,3-5H2,1-2H3. The normalized spacial score (nSPS) is 30.3. The second-order valence-electron chi connectivity index (χ2n) is 2.87. The molecule has 0 spiro atoms. The molecule has 2 atom stereocenters. The van der Waals surface area contributed by atoms with E-state index in [1.807, 2.05) is 0 Å². The van der Waals surface area contributed by atoms with E-state index in [1.54, 1.807) is 10.8 Å². The lowest BCUT2D eigenvalue weighted by Gasteiger charge is -2.36. The first-order chi connectivity index (χ1) is 5.25. The highest BCUT2D eigenvalue weighted by molar-refractivity contribution is 8.68. The molecule has 0 saturated carbocycles. The first-order valence-electron chi connectivity index (χ1n) is 3.89. The van der Waals surface area contributed by atoms with E-state index in [1.165, 1.54) is 0 Å². The van der Waals surface area contributed by atoms with Gasteiger partial charge in [0.2, 0.25) is 0 Å². The molecule has 1 fully saturated rings. The van der Waals surface area contributed by atoms with E-state index in [-0.39, 0.29) is 0 Å². The fourth-order valence-corrected chi connectivity index (χ4v) is 2.14. The van der Waals surface area contributed by atoms with Crippen LogP contribution < -0.4 is 0 Å². The van der Waals surface area contributed by atoms with E-state index in [2.05, 4.69) is 30.4 Å². The van der Waals surface area contributed by atoms with E-state index in [0.717, 1.165) is 19.8 Å². The summed E-state index contributed by atoms with van der Waals surface area (Å²) in [6, 6.07) is 0.540. The first-order valence-corrected chi connectivity index (χ1v) is 5.82. The van der Waals surface area contributed by atoms with Gasteiger partial charge in [0.1, 0.15) is 0 Å². The van der Waals surface area contributed by atoms with Crippen LogP contribution in [0.25, 0.3) is 0 Å². The predicted octanol–water partition coefficient (Wildman–Crippen LogP) is 1.63. The van der Waals surface area contributed by atoms with E-state index >= 15 is 0 Å². The summed E-state index contributed by atoms with van der Waals surface area (Å²) in [7, 11) is 1.60. The van der Waals surface area contributed by atoms with Crippen LogP contribution in [-0.2, 0) is 4.74 Å². The minimum Gasteiger partial charge on any atom is -0.379 e. The Balaban J connectivity index is 2.40. The Kier molecular flexibility index (Phi) is 4.06. The second-order valence-corrected chi connectivity index (χ2v) is 4.39. The Morgan fingerprint density at radius 3 is 3.00 bits per heavy atom. The van der Waals surface area contributed by atoms with Crippen LogP contribution >= 0.6 is 22.5 Å². The summed E-state index contributed by atoms with van der Waals surface area (Å²) in [4.78, 5) is 2.42. The van der Waals surface area contributed by atoms with Crippen LogP contribution in [0.4, 0.5) is 0 Å². The molecule has 4 heteroatoms. The van der Waals surface area contributed by atoms with Crippen LogP contribution in [0.15, 0.2) is 0 Å². The molecule has 11 heavy (non-hydrogen) atoms. The molecule has 2 unspecified atom stereocenters. The lowest BCUT2D eigenvalue weighted by Crippen LogP contribution is -2.46. The summed E-state index contributed by atoms with van der Waals surface area (Å²) in [6.45, 7) is 7.14. The highest BCUT2D eigenvalue weighted by Crippen LogP contribution is 2.22. The van der Waals surface area contributed by atoms with Gasteiger partial charge < -0.3 is 4.74 Å². The van der Waals surface area contributed by atoms with Crippen LogP contribution in [0.1, 0.15) is 13.8 Å². The van der Waals surface area contributed by atoms with Gasteiger partial charge in [-0.1, -0.05) is 10.8 Å². The van der Waals surface area contributed by atoms with Crippen molar-refractivity contribution in [1.82, 2.24) is 4.90 Å². The molecule has 0 aliphatic carbocycles. The number of thiol groups is 1. The van der Waals surface area contributed by atoms with E-state index in [9.17, 15) is 0 Å². The van der Waals surface area contributed by atoms with Crippen molar-refractivity contribution in [3.05, 3.63) is 0 Å². The van der Waals surface area contributed by atoms with Gasteiger partial charge in [0.25, 0.3) is 0 Å². The third-order valence-electron chi connectivity index (χ3n) is 2.04. The summed E-state index contributed by atoms with van der Waals surface area (Å²) in [6.07, 6.45) is 0. The van der Waals surface area contributed by atoms with Crippen LogP contribution in [0.5, 0.6) is 0 Å². The van der Waals surface area contributed by atoms with Crippen molar-refractivity contribution in [1.29, 1.82) is 0 Å². The van der Waals surface area contributed by atoms with Crippen LogP contribution in [-0.4, -0.2) is 36.1 Å². The molecule has 0 aromatic heterocycles. The fourth-order valence-electron chi connectivity index (χ4n) is 1.34. The molecule has 1 saturated heterocycles. The average molecular weight is 193 g/mol. The van der Waals surface area contributed by atoms with Crippen LogP contribution in [0, 0.1) is 0 Å². The molecule has 0 N–H and O–H groups in total. The van der Waals surface area contributed by atoms with Gasteiger partial charge in [-0.15, -0.1) is 11.7 Å². The lowest BCUT2D eigenvalue weighted by molar-refractivity contribution is -0.00303. The Morgan fingerprint density at radius 1 is 1.73 bits per heavy atom. The maximum Gasteiger partial charge on any atom is 0.0634 e. The number of hydrogen-bond acceptors (Lipinski definition) is 4. The summed E-state index contributed by atoms with van der Waals surface area (Å²) in [5, 5.41) is 0.497. The van der Waals surface area contributed by atoms with Crippen LogP contribution in [0.2, 0.25) is 0 Å². The lowest BCUT2D eigenvalue weighted by atomic mass is 10.2. The summed E-state index contributed by atoms with van der Waals surface area (Å²) < 4.78 is 5.33. The van der Waals surface area contributed by atoms with Crippen molar-refractivity contribution < 1.29 is 4.74 Å². The van der Waals surface area contributed by atoms with Gasteiger partial charge in [-0.25, -0.2) is 0 Å². The largest absolute Gasteiger partial charge is 0.379 e. The second kappa shape index (κ2) is 4.60. The average Bonchev–Trinajstić information content (AvgIpc) is 2.04. The van der Waals surface area contributed by atoms with Gasteiger partial charge >= 0.3 is 0 Å². The minimum atomic E-state index is 0.497. The van der Waals surface area contributed by atoms with Crippen molar-refractivity contribution in [2.45, 2.75) is 25.3 Å². The number of morpholine rings is 1. The molecule has 1 rings (SSSR count). The number of ether oxygens (including phenoxy) is 1. The van der Waals surface area contributed by atoms with Crippen molar-refractivity contribution in [2.24, 2.45) is 0 Å². The SMILES string of the molecule is CC1COCCN1C(C)SS. The zero-order valence-corrected chi connectivity index (χ0v) is 8.70. The Bertz CT molecular complexity index is 119. The van der Waals surface area contributed by atoms with E-state index in [0.29, 0.717) is 11.4 Å². The molecule has 0 radical (unpaired) electrons. The highest BCUT2D eigenvalue weighted by Gasteiger charge is 2.22. The van der Waals surface area contributed by atoms with Crippen molar-refractivity contribution in [3.8, 4) is 0 Å². The quantitative estimate of drug-likeness (QED) is 0.529. The van der Waals surface area contributed by atoms with E-state index in [4.69, 9.17) is 4.74 Å². The molecule has 2 nitrogen and oxygen atoms in total. The van der Waals surface area contributed by atoms with Gasteiger partial charge in [0.15, 0.2) is 0 Å². The van der Waals surface area contributed by atoms with Gasteiger partial charge in [-0.2, -0.15) is 0 Å². The molecule has 66 valence electrons. The molecule has 1 aliphatic rings. The third kappa shape index (κ3) is 2.54. The van der Waals surface area contributed by atoms with Crippen molar-refractivity contribution in [3.63, 3.8) is 0 Å². The molecule has 0 aromatic rings. The zero-order valence-electron chi connectivity index (χ0n) is 6.99. The first kappa shape index (κ1) is 9.71. The number of nitrogens with zero attached hydrogens (tertiary/aromatic N) is 1. The zero-order chi connectivity index (χ0) is 8.27. The molecular formula is C7H15NOS2. The fraction of sp³-hybridized carbons (Fsp3) is 1.00. The van der Waals surface area contributed by atoms with Crippen molar-refractivity contribution >= 4 is 22.5 Å². The molecule has 1 aliphatic heterocycles. The Labute approximate surface area is 77.5 Å². The third-order valence-corrected chi connectivity index (χ3v) is 3.53. The van der Waals surface area contributed by atoms with Crippen molar-refractivity contribution in [2.75, 3.05) is 19.8 Å². The molecule has 0 amide bonds. The maximum absolute atomic E-state index is 5.33. The minimum absolute atomic E-state index is 0.497. The van der Waals surface area contributed by atoms with Gasteiger partial charge in [0.05, 0.1) is 18.6 Å². The maximum atomic E-state index is 5.33. The topological polar surface area (TPSA) is 12.5 Å². The summed E-state index contributed by atoms with van der Waals surface area (Å²) >= 11 is 4.20. The van der Waals surface area contributed by atoms with E-state index < -0.39 is 0 Å².